The summed E-state index contributed by atoms with van der Waals surface area (Å²) in [5, 5.41) is 2.79. The first kappa shape index (κ1) is 26.6. The maximum Gasteiger partial charge on any atom is 0.247 e. The van der Waals surface area contributed by atoms with E-state index in [1.807, 2.05) is 67.6 Å². The number of fused-ring (bicyclic) bond motifs is 1. The van der Waals surface area contributed by atoms with Crippen LogP contribution in [0, 0.1) is 0 Å². The second kappa shape index (κ2) is 10.9. The third-order valence-corrected chi connectivity index (χ3v) is 7.02. The van der Waals surface area contributed by atoms with E-state index in [1.165, 1.54) is 0 Å². The number of hydrogen-bond donors (Lipinski definition) is 2. The van der Waals surface area contributed by atoms with Crippen molar-refractivity contribution < 1.29 is 19.1 Å². The number of piperazine rings is 1. The van der Waals surface area contributed by atoms with Crippen molar-refractivity contribution in [3.63, 3.8) is 0 Å². The highest BCUT2D eigenvalue weighted by Gasteiger charge is 2.52. The molecular formula is C29H36N4O4. The van der Waals surface area contributed by atoms with Crippen molar-refractivity contribution in [3.05, 3.63) is 83.6 Å². The minimum atomic E-state index is -1.16. The first-order valence-electron chi connectivity index (χ1n) is 12.6. The number of allylic oxidation sites excluding steroid dienone is 1. The molecule has 196 valence electrons. The molecule has 0 spiro atoms. The van der Waals surface area contributed by atoms with Crippen LogP contribution in [0.4, 0.5) is 0 Å². The number of nitrogens with two attached hydrogens (primary N) is 1. The highest BCUT2D eigenvalue weighted by molar-refractivity contribution is 6.02. The van der Waals surface area contributed by atoms with Gasteiger partial charge in [-0.25, -0.2) is 0 Å². The number of carbonyl (C=O) groups is 3. The number of benzene rings is 2. The summed E-state index contributed by atoms with van der Waals surface area (Å²) in [6, 6.07) is 18.5. The normalized spacial score (nSPS) is 20.3. The van der Waals surface area contributed by atoms with Crippen LogP contribution < -0.4 is 11.1 Å². The van der Waals surface area contributed by atoms with E-state index in [2.05, 4.69) is 10.2 Å². The SMILES string of the molecule is CC1=CC(=O)[C@]2(Cc3ccccc3)CN(C(=O)[C@@H](COCc3ccccc3)NC(=O)C(C)(C)N)CCN12. The summed E-state index contributed by atoms with van der Waals surface area (Å²) in [4.78, 5) is 43.7. The summed E-state index contributed by atoms with van der Waals surface area (Å²) in [5.74, 6) is -0.730. The Balaban J connectivity index is 1.54. The van der Waals surface area contributed by atoms with Gasteiger partial charge < -0.3 is 25.6 Å². The molecule has 0 aromatic heterocycles. The third-order valence-electron chi connectivity index (χ3n) is 7.02. The Hall–Kier alpha value is -3.49. The number of amides is 2. The molecule has 0 bridgehead atoms. The molecule has 0 aliphatic carbocycles. The van der Waals surface area contributed by atoms with Crippen LogP contribution in [0.15, 0.2) is 72.4 Å². The van der Waals surface area contributed by atoms with Crippen molar-refractivity contribution in [3.8, 4) is 0 Å². The van der Waals surface area contributed by atoms with Crippen LogP contribution in [0.2, 0.25) is 0 Å². The second-order valence-electron chi connectivity index (χ2n) is 10.5. The summed E-state index contributed by atoms with van der Waals surface area (Å²) in [5.41, 5.74) is 6.88. The van der Waals surface area contributed by atoms with Gasteiger partial charge in [0.05, 0.1) is 25.3 Å². The van der Waals surface area contributed by atoms with Crippen LogP contribution in [0.1, 0.15) is 31.9 Å². The lowest BCUT2D eigenvalue weighted by Crippen LogP contribution is -2.67. The maximum absolute atomic E-state index is 13.8. The van der Waals surface area contributed by atoms with E-state index in [0.717, 1.165) is 16.8 Å². The Kier molecular flexibility index (Phi) is 7.80. The summed E-state index contributed by atoms with van der Waals surface area (Å²) in [7, 11) is 0. The lowest BCUT2D eigenvalue weighted by atomic mass is 9.84. The first-order chi connectivity index (χ1) is 17.6. The Morgan fingerprint density at radius 1 is 1.05 bits per heavy atom. The number of nitrogens with zero attached hydrogens (tertiary/aromatic N) is 2. The Bertz CT molecular complexity index is 1160. The average Bonchev–Trinajstić information content (AvgIpc) is 3.12. The molecular weight excluding hydrogens is 468 g/mol. The van der Waals surface area contributed by atoms with E-state index in [4.69, 9.17) is 10.5 Å². The Labute approximate surface area is 218 Å². The zero-order valence-corrected chi connectivity index (χ0v) is 21.8. The summed E-state index contributed by atoms with van der Waals surface area (Å²) >= 11 is 0. The minimum absolute atomic E-state index is 0.00430. The van der Waals surface area contributed by atoms with E-state index in [-0.39, 0.29) is 24.8 Å². The van der Waals surface area contributed by atoms with Crippen LogP contribution in [-0.4, -0.2) is 70.8 Å². The monoisotopic (exact) mass is 504 g/mol. The highest BCUT2D eigenvalue weighted by atomic mass is 16.5. The van der Waals surface area contributed by atoms with E-state index in [9.17, 15) is 14.4 Å². The maximum atomic E-state index is 13.8. The average molecular weight is 505 g/mol. The number of nitrogens with one attached hydrogen (secondary N) is 1. The molecule has 4 rings (SSSR count). The molecule has 2 aromatic carbocycles. The van der Waals surface area contributed by atoms with Crippen molar-refractivity contribution in [2.24, 2.45) is 5.73 Å². The zero-order chi connectivity index (χ0) is 26.6. The van der Waals surface area contributed by atoms with Gasteiger partial charge in [-0.1, -0.05) is 60.7 Å². The van der Waals surface area contributed by atoms with Gasteiger partial charge in [0.15, 0.2) is 5.78 Å². The molecule has 3 N–H and O–H groups in total. The smallest absolute Gasteiger partial charge is 0.247 e. The van der Waals surface area contributed by atoms with Gasteiger partial charge in [-0.05, 0) is 31.9 Å². The molecule has 2 atom stereocenters. The summed E-state index contributed by atoms with van der Waals surface area (Å²) in [6.07, 6.45) is 2.16. The molecule has 0 saturated carbocycles. The molecule has 2 aliphatic rings. The molecule has 1 saturated heterocycles. The molecule has 1 fully saturated rings. The van der Waals surface area contributed by atoms with Gasteiger partial charge >= 0.3 is 0 Å². The van der Waals surface area contributed by atoms with Crippen LogP contribution in [0.3, 0.4) is 0 Å². The largest absolute Gasteiger partial charge is 0.374 e. The molecule has 2 heterocycles. The third kappa shape index (κ3) is 5.92. The number of ether oxygens (including phenoxy) is 1. The molecule has 8 nitrogen and oxygen atoms in total. The van der Waals surface area contributed by atoms with E-state index in [1.54, 1.807) is 24.8 Å². The van der Waals surface area contributed by atoms with Crippen LogP contribution in [0.25, 0.3) is 0 Å². The van der Waals surface area contributed by atoms with Crippen molar-refractivity contribution >= 4 is 17.6 Å². The number of rotatable bonds is 9. The standard InChI is InChI=1S/C29H36N4O4/c1-21-16-25(34)29(17-22-10-6-4-7-11-22)20-32(14-15-33(21)29)26(35)24(31-27(36)28(2,3)30)19-37-18-23-12-8-5-9-13-23/h4-13,16,24H,14-15,17-20,30H2,1-3H3,(H,31,36)/t24-,29+/m1/s1. The van der Waals surface area contributed by atoms with Crippen molar-refractivity contribution in [2.45, 2.75) is 50.9 Å². The molecule has 37 heavy (non-hydrogen) atoms. The van der Waals surface area contributed by atoms with Crippen molar-refractivity contribution in [1.82, 2.24) is 15.1 Å². The quantitative estimate of drug-likeness (QED) is 0.542. The summed E-state index contributed by atoms with van der Waals surface area (Å²) < 4.78 is 5.86. The van der Waals surface area contributed by atoms with Crippen LogP contribution in [-0.2, 0) is 32.1 Å². The molecule has 8 heteroatoms. The van der Waals surface area contributed by atoms with Gasteiger partial charge in [-0.2, -0.15) is 0 Å². The van der Waals surface area contributed by atoms with Crippen LogP contribution in [0.5, 0.6) is 0 Å². The first-order valence-corrected chi connectivity index (χ1v) is 12.6. The molecule has 0 radical (unpaired) electrons. The number of carbonyl (C=O) groups excluding carboxylic acids is 3. The molecule has 2 aliphatic heterocycles. The topological polar surface area (TPSA) is 105 Å². The Morgan fingerprint density at radius 2 is 1.68 bits per heavy atom. The molecule has 2 amide bonds. The van der Waals surface area contributed by atoms with Crippen LogP contribution >= 0.6 is 0 Å². The van der Waals surface area contributed by atoms with E-state index < -0.39 is 23.0 Å². The Morgan fingerprint density at radius 3 is 2.30 bits per heavy atom. The van der Waals surface area contributed by atoms with Crippen molar-refractivity contribution in [1.29, 1.82) is 0 Å². The fraction of sp³-hybridized carbons (Fsp3) is 0.414. The van der Waals surface area contributed by atoms with E-state index in [0.29, 0.717) is 26.1 Å². The fourth-order valence-corrected chi connectivity index (χ4v) is 5.01. The lowest BCUT2D eigenvalue weighted by Gasteiger charge is -2.48. The number of ketones is 1. The highest BCUT2D eigenvalue weighted by Crippen LogP contribution is 2.36. The van der Waals surface area contributed by atoms with E-state index >= 15 is 0 Å². The molecule has 2 aromatic rings. The van der Waals surface area contributed by atoms with Gasteiger partial charge in [-0.15, -0.1) is 0 Å². The minimum Gasteiger partial charge on any atom is -0.374 e. The van der Waals surface area contributed by atoms with Gasteiger partial charge in [0.2, 0.25) is 11.8 Å². The molecule has 0 unspecified atom stereocenters. The predicted molar refractivity (Wildman–Crippen MR) is 141 cm³/mol. The van der Waals surface area contributed by atoms with Crippen molar-refractivity contribution in [2.75, 3.05) is 26.2 Å². The second-order valence-corrected chi connectivity index (χ2v) is 10.5. The fourth-order valence-electron chi connectivity index (χ4n) is 5.01. The lowest BCUT2D eigenvalue weighted by molar-refractivity contribution is -0.145. The predicted octanol–water partition coefficient (Wildman–Crippen LogP) is 2.04. The van der Waals surface area contributed by atoms with Gasteiger partial charge in [0, 0.05) is 31.3 Å². The number of hydrogen-bond acceptors (Lipinski definition) is 6. The summed E-state index contributed by atoms with van der Waals surface area (Å²) in [6.45, 7) is 6.61. The zero-order valence-electron chi connectivity index (χ0n) is 21.8. The van der Waals surface area contributed by atoms with Gasteiger partial charge in [0.25, 0.3) is 0 Å². The van der Waals surface area contributed by atoms with Gasteiger partial charge in [-0.3, -0.25) is 14.4 Å². The van der Waals surface area contributed by atoms with Gasteiger partial charge in [0.1, 0.15) is 11.6 Å².